The van der Waals surface area contributed by atoms with Gasteiger partial charge in [-0.3, -0.25) is 4.79 Å². The van der Waals surface area contributed by atoms with Crippen molar-refractivity contribution in [3.63, 3.8) is 0 Å². The van der Waals surface area contributed by atoms with E-state index in [-0.39, 0.29) is 42.7 Å². The number of ether oxygens (including phenoxy) is 2. The first-order chi connectivity index (χ1) is 15.3. The number of benzene rings is 1. The van der Waals surface area contributed by atoms with Crippen LogP contribution in [0.3, 0.4) is 0 Å². The van der Waals surface area contributed by atoms with Gasteiger partial charge in [0.05, 0.1) is 18.3 Å². The van der Waals surface area contributed by atoms with Gasteiger partial charge in [0.25, 0.3) is 5.91 Å². The van der Waals surface area contributed by atoms with Crippen molar-refractivity contribution >= 4 is 30.7 Å². The van der Waals surface area contributed by atoms with Gasteiger partial charge in [-0.25, -0.2) is 0 Å². The number of nitrogens with two attached hydrogens (primary N) is 1. The average molecular weight is 525 g/mol. The Labute approximate surface area is 218 Å². The van der Waals surface area contributed by atoms with Crippen molar-refractivity contribution in [2.75, 3.05) is 33.4 Å². The van der Waals surface area contributed by atoms with Crippen LogP contribution in [-0.2, 0) is 4.74 Å². The lowest BCUT2D eigenvalue weighted by atomic mass is 9.87. The van der Waals surface area contributed by atoms with Crippen LogP contribution in [0.5, 0.6) is 5.75 Å². The number of aliphatic hydroxyl groups is 1. The zero-order valence-corrected chi connectivity index (χ0v) is 23.1. The molecule has 0 fully saturated rings. The van der Waals surface area contributed by atoms with Gasteiger partial charge in [-0.15, -0.1) is 24.8 Å². The third-order valence-electron chi connectivity index (χ3n) is 5.96. The first kappa shape index (κ1) is 35.1. The monoisotopic (exact) mass is 523 g/mol. The third-order valence-corrected chi connectivity index (χ3v) is 5.96. The fourth-order valence-corrected chi connectivity index (χ4v) is 3.35. The molecule has 0 bridgehead atoms. The molecule has 1 aromatic rings. The molecule has 5 N–H and O–H groups in total. The number of aliphatic hydroxyl groups excluding tert-OH is 1. The Kier molecular flexibility index (Phi) is 20.8. The van der Waals surface area contributed by atoms with Crippen LogP contribution in [0.15, 0.2) is 24.3 Å². The minimum atomic E-state index is -0.617. The quantitative estimate of drug-likeness (QED) is 0.231. The van der Waals surface area contributed by atoms with Crippen molar-refractivity contribution < 1.29 is 19.4 Å². The van der Waals surface area contributed by atoms with Gasteiger partial charge in [0.1, 0.15) is 5.75 Å². The average Bonchev–Trinajstić information content (AvgIpc) is 2.79. The van der Waals surface area contributed by atoms with Gasteiger partial charge in [0.15, 0.2) is 0 Å². The van der Waals surface area contributed by atoms with Gasteiger partial charge in [-0.05, 0) is 56.6 Å². The van der Waals surface area contributed by atoms with E-state index in [4.69, 9.17) is 15.2 Å². The van der Waals surface area contributed by atoms with Crippen LogP contribution in [0.1, 0.15) is 63.7 Å². The van der Waals surface area contributed by atoms with Crippen molar-refractivity contribution in [2.24, 2.45) is 17.6 Å². The van der Waals surface area contributed by atoms with Crippen LogP contribution in [0.2, 0.25) is 0 Å². The van der Waals surface area contributed by atoms with Gasteiger partial charge < -0.3 is 30.9 Å². The summed E-state index contributed by atoms with van der Waals surface area (Å²) in [6.07, 6.45) is 2.80. The number of methoxy groups -OCH3 is 1. The summed E-state index contributed by atoms with van der Waals surface area (Å²) in [5.41, 5.74) is 6.81. The summed E-state index contributed by atoms with van der Waals surface area (Å²) in [5.74, 6) is 0.917. The number of para-hydroxylation sites is 1. The zero-order valence-electron chi connectivity index (χ0n) is 21.4. The van der Waals surface area contributed by atoms with Crippen LogP contribution in [-0.4, -0.2) is 62.6 Å². The second-order valence-corrected chi connectivity index (χ2v) is 8.94. The Morgan fingerprint density at radius 2 is 1.74 bits per heavy atom. The summed E-state index contributed by atoms with van der Waals surface area (Å²) in [6, 6.07) is 7.30. The number of carbonyl (C=O) groups excluding carboxylic acids is 1. The summed E-state index contributed by atoms with van der Waals surface area (Å²) >= 11 is 0. The zero-order chi connectivity index (χ0) is 23.9. The van der Waals surface area contributed by atoms with E-state index in [9.17, 15) is 9.90 Å². The van der Waals surface area contributed by atoms with E-state index in [1.165, 1.54) is 0 Å². The van der Waals surface area contributed by atoms with Gasteiger partial charge in [0, 0.05) is 38.9 Å². The van der Waals surface area contributed by atoms with Crippen LogP contribution < -0.4 is 21.1 Å². The van der Waals surface area contributed by atoms with Crippen LogP contribution in [0.4, 0.5) is 0 Å². The predicted molar refractivity (Wildman–Crippen MR) is 145 cm³/mol. The van der Waals surface area contributed by atoms with E-state index in [1.807, 2.05) is 18.2 Å². The van der Waals surface area contributed by atoms with Crippen molar-refractivity contribution in [3.05, 3.63) is 29.8 Å². The molecule has 1 unspecified atom stereocenters. The van der Waals surface area contributed by atoms with E-state index in [0.717, 1.165) is 19.3 Å². The highest BCUT2D eigenvalue weighted by molar-refractivity contribution is 5.96. The molecule has 200 valence electrons. The Balaban J connectivity index is 0. The van der Waals surface area contributed by atoms with Crippen molar-refractivity contribution in [2.45, 2.75) is 71.6 Å². The van der Waals surface area contributed by atoms with Crippen molar-refractivity contribution in [1.82, 2.24) is 10.6 Å². The molecule has 0 aliphatic carbocycles. The lowest BCUT2D eigenvalue weighted by Crippen LogP contribution is -2.46. The first-order valence-electron chi connectivity index (χ1n) is 12.0. The summed E-state index contributed by atoms with van der Waals surface area (Å²) in [5, 5.41) is 16.8. The molecule has 0 heterocycles. The smallest absolute Gasteiger partial charge is 0.255 e. The van der Waals surface area contributed by atoms with Gasteiger partial charge in [-0.2, -0.15) is 0 Å². The number of nitrogens with one attached hydrogen (secondary N) is 2. The molecule has 4 atom stereocenters. The molecule has 0 saturated carbocycles. The summed E-state index contributed by atoms with van der Waals surface area (Å²) < 4.78 is 10.9. The summed E-state index contributed by atoms with van der Waals surface area (Å²) in [7, 11) is 1.68. The molecule has 0 spiro atoms. The SMILES string of the molecule is CCC(C)NC[C@H](O)[C@@H](N)C[C@H](CNC(=O)c1ccccc1OCCCCOC)C(C)C.Cl.Cl. The summed E-state index contributed by atoms with van der Waals surface area (Å²) in [6.45, 7) is 10.6. The maximum Gasteiger partial charge on any atom is 0.255 e. The van der Waals surface area contributed by atoms with Crippen molar-refractivity contribution in [1.29, 1.82) is 0 Å². The summed E-state index contributed by atoms with van der Waals surface area (Å²) in [4.78, 5) is 12.9. The number of rotatable bonds is 17. The number of hydrogen-bond acceptors (Lipinski definition) is 6. The molecule has 1 rings (SSSR count). The van der Waals surface area contributed by atoms with Crippen LogP contribution in [0.25, 0.3) is 0 Å². The Bertz CT molecular complexity index is 652. The molecule has 0 aromatic heterocycles. The largest absolute Gasteiger partial charge is 0.493 e. The number of halogens is 2. The maximum absolute atomic E-state index is 12.9. The lowest BCUT2D eigenvalue weighted by Gasteiger charge is -2.28. The molecule has 1 amide bonds. The predicted octanol–water partition coefficient (Wildman–Crippen LogP) is 3.80. The normalized spacial score (nSPS) is 14.4. The number of amides is 1. The molecule has 9 heteroatoms. The van der Waals surface area contributed by atoms with Gasteiger partial charge in [-0.1, -0.05) is 32.9 Å². The standard InChI is InChI=1S/C25H45N3O4.2ClH/c1-6-19(4)27-17-23(29)22(26)15-20(18(2)3)16-28-25(30)21-11-7-8-12-24(21)32-14-10-9-13-31-5;;/h7-8,11-12,18-20,22-23,27,29H,6,9-10,13-17,26H2,1-5H3,(H,28,30);2*1H/t19?,20-,22+,23+;;/m1../s1. The minimum Gasteiger partial charge on any atom is -0.493 e. The molecule has 0 radical (unpaired) electrons. The first-order valence-corrected chi connectivity index (χ1v) is 12.0. The fraction of sp³-hybridized carbons (Fsp3) is 0.720. The van der Waals surface area contributed by atoms with Gasteiger partial charge in [0.2, 0.25) is 0 Å². The Morgan fingerprint density at radius 3 is 2.35 bits per heavy atom. The highest BCUT2D eigenvalue weighted by Crippen LogP contribution is 2.20. The molecule has 0 aliphatic heterocycles. The molecule has 1 aromatic carbocycles. The second-order valence-electron chi connectivity index (χ2n) is 8.94. The number of unbranched alkanes of at least 4 members (excludes halogenated alkanes) is 1. The molecule has 0 saturated heterocycles. The highest BCUT2D eigenvalue weighted by atomic mass is 35.5. The van der Waals surface area contributed by atoms with Gasteiger partial charge >= 0.3 is 0 Å². The fourth-order valence-electron chi connectivity index (χ4n) is 3.35. The van der Waals surface area contributed by atoms with Crippen molar-refractivity contribution in [3.8, 4) is 5.75 Å². The molecular weight excluding hydrogens is 477 g/mol. The highest BCUT2D eigenvalue weighted by Gasteiger charge is 2.23. The maximum atomic E-state index is 12.9. The molecule has 7 nitrogen and oxygen atoms in total. The van der Waals surface area contributed by atoms with Crippen LogP contribution in [0, 0.1) is 11.8 Å². The lowest BCUT2D eigenvalue weighted by molar-refractivity contribution is 0.0926. The molecule has 34 heavy (non-hydrogen) atoms. The van der Waals surface area contributed by atoms with E-state index in [0.29, 0.717) is 56.0 Å². The van der Waals surface area contributed by atoms with E-state index >= 15 is 0 Å². The minimum absolute atomic E-state index is 0. The topological polar surface area (TPSA) is 106 Å². The Hall–Kier alpha value is -1.09. The number of hydrogen-bond donors (Lipinski definition) is 4. The second kappa shape index (κ2) is 20.1. The van der Waals surface area contributed by atoms with E-state index < -0.39 is 6.10 Å². The van der Waals surface area contributed by atoms with E-state index in [1.54, 1.807) is 13.2 Å². The number of carbonyl (C=O) groups is 1. The van der Waals surface area contributed by atoms with E-state index in [2.05, 4.69) is 38.3 Å². The Morgan fingerprint density at radius 1 is 1.09 bits per heavy atom. The molecular formula is C25H47Cl2N3O4. The third kappa shape index (κ3) is 13.7. The van der Waals surface area contributed by atoms with Crippen LogP contribution >= 0.6 is 24.8 Å². The molecule has 0 aliphatic rings.